The van der Waals surface area contributed by atoms with Gasteiger partial charge in [-0.05, 0) is 42.3 Å². The highest BCUT2D eigenvalue weighted by atomic mass is 16.5. The second-order valence-electron chi connectivity index (χ2n) is 5.41. The second-order valence-corrected chi connectivity index (χ2v) is 5.41. The zero-order valence-electron chi connectivity index (χ0n) is 12.5. The number of amides is 1. The predicted molar refractivity (Wildman–Crippen MR) is 84.8 cm³/mol. The number of benzene rings is 1. The number of carbonyl (C=O) groups excluding carboxylic acids is 1. The summed E-state index contributed by atoms with van der Waals surface area (Å²) in [7, 11) is 0. The molecule has 3 aromatic rings. The van der Waals surface area contributed by atoms with Crippen molar-refractivity contribution in [3.05, 3.63) is 48.4 Å². The van der Waals surface area contributed by atoms with Crippen LogP contribution in [0.3, 0.4) is 0 Å². The highest BCUT2D eigenvalue weighted by Gasteiger charge is 2.29. The number of aromatic nitrogens is 3. The molecule has 1 amide bonds. The van der Waals surface area contributed by atoms with Crippen molar-refractivity contribution in [1.82, 2.24) is 15.0 Å². The molecule has 0 bridgehead atoms. The maximum absolute atomic E-state index is 11.7. The van der Waals surface area contributed by atoms with Crippen LogP contribution in [0.15, 0.2) is 42.9 Å². The van der Waals surface area contributed by atoms with Crippen molar-refractivity contribution in [3.8, 4) is 11.6 Å². The van der Waals surface area contributed by atoms with Gasteiger partial charge in [0.15, 0.2) is 5.65 Å². The van der Waals surface area contributed by atoms with Gasteiger partial charge in [-0.25, -0.2) is 15.0 Å². The third-order valence-corrected chi connectivity index (χ3v) is 3.83. The van der Waals surface area contributed by atoms with Gasteiger partial charge in [-0.15, -0.1) is 0 Å². The average molecular weight is 323 g/mol. The van der Waals surface area contributed by atoms with Crippen molar-refractivity contribution in [2.75, 3.05) is 5.06 Å². The fourth-order valence-electron chi connectivity index (χ4n) is 2.66. The number of rotatable bonds is 2. The Labute approximate surface area is 136 Å². The highest BCUT2D eigenvalue weighted by Crippen LogP contribution is 2.32. The molecule has 0 saturated carbocycles. The van der Waals surface area contributed by atoms with Gasteiger partial charge in [0.05, 0.1) is 17.1 Å². The van der Waals surface area contributed by atoms with E-state index in [-0.39, 0.29) is 0 Å². The number of nitrogens with two attached hydrogens (primary N) is 1. The van der Waals surface area contributed by atoms with Crippen LogP contribution < -0.4 is 15.5 Å². The summed E-state index contributed by atoms with van der Waals surface area (Å²) in [4.78, 5) is 24.1. The summed E-state index contributed by atoms with van der Waals surface area (Å²) in [5.74, 6) is 0.377. The minimum Gasteiger partial charge on any atom is -0.438 e. The van der Waals surface area contributed by atoms with Gasteiger partial charge in [0, 0.05) is 6.20 Å². The molecule has 3 heterocycles. The lowest BCUT2D eigenvalue weighted by Crippen LogP contribution is -2.47. The molecule has 8 nitrogen and oxygen atoms in total. The van der Waals surface area contributed by atoms with Crippen molar-refractivity contribution in [1.29, 1.82) is 0 Å². The molecule has 0 radical (unpaired) electrons. The van der Waals surface area contributed by atoms with Gasteiger partial charge in [-0.3, -0.25) is 10.0 Å². The Morgan fingerprint density at radius 2 is 2.12 bits per heavy atom. The quantitative estimate of drug-likeness (QED) is 0.685. The number of carbonyl (C=O) groups is 1. The van der Waals surface area contributed by atoms with E-state index in [1.54, 1.807) is 30.5 Å². The van der Waals surface area contributed by atoms with E-state index in [1.807, 2.05) is 6.07 Å². The number of ether oxygens (including phenoxy) is 1. The van der Waals surface area contributed by atoms with E-state index in [0.29, 0.717) is 39.8 Å². The van der Waals surface area contributed by atoms with E-state index < -0.39 is 11.9 Å². The van der Waals surface area contributed by atoms with Crippen LogP contribution in [0, 0.1) is 0 Å². The normalized spacial score (nSPS) is 17.0. The van der Waals surface area contributed by atoms with E-state index in [2.05, 4.69) is 15.0 Å². The largest absolute Gasteiger partial charge is 0.438 e. The maximum Gasteiger partial charge on any atom is 0.267 e. The number of pyridine rings is 1. The van der Waals surface area contributed by atoms with Crippen LogP contribution in [0.5, 0.6) is 11.6 Å². The molecule has 1 atom stereocenters. The summed E-state index contributed by atoms with van der Waals surface area (Å²) in [6.07, 6.45) is 3.36. The Kier molecular flexibility index (Phi) is 3.33. The molecule has 0 aliphatic carbocycles. The summed E-state index contributed by atoms with van der Waals surface area (Å²) < 4.78 is 5.84. The average Bonchev–Trinajstić information content (AvgIpc) is 2.60. The van der Waals surface area contributed by atoms with E-state index in [9.17, 15) is 10.0 Å². The smallest absolute Gasteiger partial charge is 0.267 e. The van der Waals surface area contributed by atoms with Crippen LogP contribution in [-0.4, -0.2) is 32.1 Å². The molecule has 1 aliphatic rings. The molecule has 1 aromatic carbocycles. The lowest BCUT2D eigenvalue weighted by Gasteiger charge is -2.27. The lowest BCUT2D eigenvalue weighted by atomic mass is 9.99. The van der Waals surface area contributed by atoms with Crippen molar-refractivity contribution in [2.45, 2.75) is 12.5 Å². The van der Waals surface area contributed by atoms with Crippen LogP contribution in [0.4, 0.5) is 5.69 Å². The van der Waals surface area contributed by atoms with Crippen LogP contribution >= 0.6 is 0 Å². The molecule has 120 valence electrons. The first kappa shape index (κ1) is 14.5. The zero-order valence-corrected chi connectivity index (χ0v) is 12.5. The molecule has 1 aliphatic heterocycles. The molecule has 0 saturated heterocycles. The molecule has 0 spiro atoms. The van der Waals surface area contributed by atoms with Crippen molar-refractivity contribution in [2.24, 2.45) is 5.73 Å². The first-order chi connectivity index (χ1) is 11.6. The standard InChI is InChI=1S/C16H13N5O3/c17-12-7-9-6-10(3-4-13(9)21(23)16(12)22)24-15-11-2-1-5-18-14(11)19-8-20-15/h1-6,8,12,23H,7,17H2. The number of fused-ring (bicyclic) bond motifs is 2. The van der Waals surface area contributed by atoms with Gasteiger partial charge >= 0.3 is 0 Å². The summed E-state index contributed by atoms with van der Waals surface area (Å²) in [5, 5.41) is 11.1. The molecular weight excluding hydrogens is 310 g/mol. The van der Waals surface area contributed by atoms with Gasteiger partial charge in [-0.1, -0.05) is 0 Å². The number of anilines is 1. The molecule has 0 fully saturated rings. The molecule has 4 rings (SSSR count). The Morgan fingerprint density at radius 1 is 1.25 bits per heavy atom. The summed E-state index contributed by atoms with van der Waals surface area (Å²) in [6, 6.07) is 7.81. The topological polar surface area (TPSA) is 114 Å². The first-order valence-corrected chi connectivity index (χ1v) is 7.28. The third kappa shape index (κ3) is 2.34. The van der Waals surface area contributed by atoms with E-state index in [4.69, 9.17) is 10.5 Å². The number of nitrogens with zero attached hydrogens (tertiary/aromatic N) is 4. The van der Waals surface area contributed by atoms with Gasteiger partial charge in [-0.2, -0.15) is 5.06 Å². The van der Waals surface area contributed by atoms with E-state index >= 15 is 0 Å². The monoisotopic (exact) mass is 323 g/mol. The van der Waals surface area contributed by atoms with Gasteiger partial charge in [0.2, 0.25) is 5.88 Å². The fourth-order valence-corrected chi connectivity index (χ4v) is 2.66. The fraction of sp³-hybridized carbons (Fsp3) is 0.125. The van der Waals surface area contributed by atoms with Gasteiger partial charge in [0.25, 0.3) is 5.91 Å². The maximum atomic E-state index is 11.7. The second kappa shape index (κ2) is 5.52. The molecule has 3 N–H and O–H groups in total. The number of hydrogen-bond donors (Lipinski definition) is 2. The number of hydrogen-bond acceptors (Lipinski definition) is 7. The van der Waals surface area contributed by atoms with Gasteiger partial charge < -0.3 is 10.5 Å². The SMILES string of the molecule is NC1Cc2cc(Oc3ncnc4ncccc34)ccc2N(O)C1=O. The van der Waals surface area contributed by atoms with Crippen LogP contribution in [0.25, 0.3) is 11.0 Å². The minimum atomic E-state index is -0.776. The third-order valence-electron chi connectivity index (χ3n) is 3.83. The van der Waals surface area contributed by atoms with Crippen LogP contribution in [0.1, 0.15) is 5.56 Å². The van der Waals surface area contributed by atoms with Crippen molar-refractivity contribution < 1.29 is 14.7 Å². The molecular formula is C16H13N5O3. The van der Waals surface area contributed by atoms with E-state index in [1.165, 1.54) is 6.33 Å². The Balaban J connectivity index is 1.71. The predicted octanol–water partition coefficient (Wildman–Crippen LogP) is 1.42. The lowest BCUT2D eigenvalue weighted by molar-refractivity contribution is -0.125. The Bertz CT molecular complexity index is 941. The number of hydroxylamine groups is 1. The van der Waals surface area contributed by atoms with Crippen molar-refractivity contribution in [3.63, 3.8) is 0 Å². The van der Waals surface area contributed by atoms with Gasteiger partial charge in [0.1, 0.15) is 12.1 Å². The molecule has 8 heteroatoms. The van der Waals surface area contributed by atoms with Crippen LogP contribution in [-0.2, 0) is 11.2 Å². The molecule has 1 unspecified atom stereocenters. The molecule has 24 heavy (non-hydrogen) atoms. The summed E-state index contributed by atoms with van der Waals surface area (Å²) in [5.41, 5.74) is 7.40. The zero-order chi connectivity index (χ0) is 16.7. The van der Waals surface area contributed by atoms with Crippen LogP contribution in [0.2, 0.25) is 0 Å². The first-order valence-electron chi connectivity index (χ1n) is 7.28. The highest BCUT2D eigenvalue weighted by molar-refractivity contribution is 5.98. The molecule has 2 aromatic heterocycles. The summed E-state index contributed by atoms with van der Waals surface area (Å²) >= 11 is 0. The Morgan fingerprint density at radius 3 is 3.00 bits per heavy atom. The van der Waals surface area contributed by atoms with E-state index in [0.717, 1.165) is 5.56 Å². The van der Waals surface area contributed by atoms with Crippen molar-refractivity contribution >= 4 is 22.6 Å². The summed E-state index contributed by atoms with van der Waals surface area (Å²) in [6.45, 7) is 0. The minimum absolute atomic E-state index is 0.328. The Hall–Kier alpha value is -3.10.